The first-order valence-electron chi connectivity index (χ1n) is 6.25. The molecule has 1 aliphatic rings. The second-order valence-electron chi connectivity index (χ2n) is 4.37. The third-order valence-electron chi connectivity index (χ3n) is 3.22. The molecule has 0 N–H and O–H groups in total. The van der Waals surface area contributed by atoms with Crippen LogP contribution in [0.25, 0.3) is 5.69 Å². The summed E-state index contributed by atoms with van der Waals surface area (Å²) in [5, 5.41) is 13.5. The van der Waals surface area contributed by atoms with E-state index in [4.69, 9.17) is 10.00 Å². The summed E-state index contributed by atoms with van der Waals surface area (Å²) in [7, 11) is 0. The summed E-state index contributed by atoms with van der Waals surface area (Å²) in [5.41, 5.74) is 2.50. The van der Waals surface area contributed by atoms with Gasteiger partial charge < -0.3 is 9.64 Å². The highest BCUT2D eigenvalue weighted by atomic mass is 16.5. The van der Waals surface area contributed by atoms with Crippen molar-refractivity contribution in [2.45, 2.75) is 0 Å². The monoisotopic (exact) mass is 254 g/mol. The zero-order valence-corrected chi connectivity index (χ0v) is 10.5. The Hall–Kier alpha value is -2.32. The molecule has 1 aromatic heterocycles. The molecule has 1 aromatic carbocycles. The van der Waals surface area contributed by atoms with Crippen molar-refractivity contribution in [1.29, 1.82) is 5.26 Å². The van der Waals surface area contributed by atoms with Gasteiger partial charge in [-0.2, -0.15) is 10.4 Å². The van der Waals surface area contributed by atoms with Gasteiger partial charge >= 0.3 is 0 Å². The Labute approximate surface area is 111 Å². The van der Waals surface area contributed by atoms with Crippen LogP contribution in [0.15, 0.2) is 36.7 Å². The van der Waals surface area contributed by atoms with Crippen molar-refractivity contribution >= 4 is 5.69 Å². The maximum atomic E-state index is 9.12. The fraction of sp³-hybridized carbons (Fsp3) is 0.286. The minimum absolute atomic E-state index is 0.624. The molecule has 1 aliphatic heterocycles. The number of rotatable bonds is 2. The topological polar surface area (TPSA) is 54.1 Å². The number of anilines is 1. The standard InChI is InChI=1S/C14H14N4O/c15-9-12-3-1-2-4-14(12)18-11-13(10-16-18)17-5-7-19-8-6-17/h1-4,10-11H,5-8H2. The molecule has 1 fully saturated rings. The quantitative estimate of drug-likeness (QED) is 0.816. The Bertz CT molecular complexity index is 608. The number of ether oxygens (including phenoxy) is 1. The van der Waals surface area contributed by atoms with Gasteiger partial charge in [-0.05, 0) is 12.1 Å². The zero-order chi connectivity index (χ0) is 13.1. The summed E-state index contributed by atoms with van der Waals surface area (Å²) in [5.74, 6) is 0. The van der Waals surface area contributed by atoms with E-state index >= 15 is 0 Å². The van der Waals surface area contributed by atoms with Crippen LogP contribution in [0.1, 0.15) is 5.56 Å². The molecule has 0 spiro atoms. The van der Waals surface area contributed by atoms with E-state index in [1.54, 1.807) is 10.7 Å². The maximum absolute atomic E-state index is 9.12. The SMILES string of the molecule is N#Cc1ccccc1-n1cc(N2CCOCC2)cn1. The average molecular weight is 254 g/mol. The number of benzene rings is 1. The number of aromatic nitrogens is 2. The highest BCUT2D eigenvalue weighted by molar-refractivity contribution is 5.51. The Balaban J connectivity index is 1.90. The van der Waals surface area contributed by atoms with Gasteiger partial charge in [0.05, 0.1) is 42.5 Å². The van der Waals surface area contributed by atoms with Crippen molar-refractivity contribution in [1.82, 2.24) is 9.78 Å². The van der Waals surface area contributed by atoms with Crippen LogP contribution in [-0.4, -0.2) is 36.1 Å². The van der Waals surface area contributed by atoms with Gasteiger partial charge in [-0.25, -0.2) is 4.68 Å². The van der Waals surface area contributed by atoms with Crippen molar-refractivity contribution < 1.29 is 4.74 Å². The lowest BCUT2D eigenvalue weighted by Gasteiger charge is -2.27. The minimum Gasteiger partial charge on any atom is -0.378 e. The molecule has 1 saturated heterocycles. The molecule has 96 valence electrons. The van der Waals surface area contributed by atoms with E-state index in [2.05, 4.69) is 16.1 Å². The highest BCUT2D eigenvalue weighted by Crippen LogP contribution is 2.19. The number of morpholine rings is 1. The molecule has 3 rings (SSSR count). The molecule has 5 nitrogen and oxygen atoms in total. The van der Waals surface area contributed by atoms with Crippen LogP contribution in [0.3, 0.4) is 0 Å². The molecule has 0 radical (unpaired) electrons. The molecule has 0 saturated carbocycles. The van der Waals surface area contributed by atoms with Crippen LogP contribution < -0.4 is 4.90 Å². The molecular weight excluding hydrogens is 240 g/mol. The van der Waals surface area contributed by atoms with E-state index in [0.29, 0.717) is 5.56 Å². The molecule has 0 unspecified atom stereocenters. The Morgan fingerprint density at radius 3 is 2.79 bits per heavy atom. The predicted molar refractivity (Wildman–Crippen MR) is 71.3 cm³/mol. The fourth-order valence-electron chi connectivity index (χ4n) is 2.20. The third-order valence-corrected chi connectivity index (χ3v) is 3.22. The van der Waals surface area contributed by atoms with Crippen LogP contribution >= 0.6 is 0 Å². The molecule has 0 atom stereocenters. The average Bonchev–Trinajstić information content (AvgIpc) is 2.98. The van der Waals surface area contributed by atoms with E-state index in [-0.39, 0.29) is 0 Å². The summed E-state index contributed by atoms with van der Waals surface area (Å²) >= 11 is 0. The number of nitrogens with zero attached hydrogens (tertiary/aromatic N) is 4. The number of para-hydroxylation sites is 1. The summed E-state index contributed by atoms with van der Waals surface area (Å²) in [6.45, 7) is 3.26. The van der Waals surface area contributed by atoms with Crippen molar-refractivity contribution in [2.24, 2.45) is 0 Å². The fourth-order valence-corrected chi connectivity index (χ4v) is 2.20. The molecule has 19 heavy (non-hydrogen) atoms. The lowest BCUT2D eigenvalue weighted by Crippen LogP contribution is -2.35. The smallest absolute Gasteiger partial charge is 0.101 e. The van der Waals surface area contributed by atoms with E-state index < -0.39 is 0 Å². The van der Waals surface area contributed by atoms with Crippen LogP contribution in [0.2, 0.25) is 0 Å². The lowest BCUT2D eigenvalue weighted by molar-refractivity contribution is 0.122. The van der Waals surface area contributed by atoms with Gasteiger partial charge in [0, 0.05) is 13.1 Å². The largest absolute Gasteiger partial charge is 0.378 e. The van der Waals surface area contributed by atoms with Crippen LogP contribution in [0.4, 0.5) is 5.69 Å². The van der Waals surface area contributed by atoms with Gasteiger partial charge in [-0.1, -0.05) is 12.1 Å². The Morgan fingerprint density at radius 2 is 2.00 bits per heavy atom. The van der Waals surface area contributed by atoms with Gasteiger partial charge in [0.15, 0.2) is 0 Å². The second-order valence-corrected chi connectivity index (χ2v) is 4.37. The molecule has 5 heteroatoms. The molecule has 0 aliphatic carbocycles. The van der Waals surface area contributed by atoms with E-state index in [0.717, 1.165) is 37.7 Å². The summed E-state index contributed by atoms with van der Waals surface area (Å²) in [6, 6.07) is 9.65. The number of hydrogen-bond acceptors (Lipinski definition) is 4. The van der Waals surface area contributed by atoms with E-state index in [1.807, 2.05) is 30.6 Å². The van der Waals surface area contributed by atoms with E-state index in [1.165, 1.54) is 0 Å². The minimum atomic E-state index is 0.624. The molecule has 2 aromatic rings. The molecule has 0 amide bonds. The number of nitriles is 1. The molecule has 0 bridgehead atoms. The van der Waals surface area contributed by atoms with Gasteiger partial charge in [0.2, 0.25) is 0 Å². The normalized spacial score (nSPS) is 15.2. The van der Waals surface area contributed by atoms with Gasteiger partial charge in [-0.15, -0.1) is 0 Å². The predicted octanol–water partition coefficient (Wildman–Crippen LogP) is 1.58. The van der Waals surface area contributed by atoms with Crippen LogP contribution in [0, 0.1) is 11.3 Å². The van der Waals surface area contributed by atoms with Crippen LogP contribution in [-0.2, 0) is 4.74 Å². The lowest BCUT2D eigenvalue weighted by atomic mass is 10.2. The van der Waals surface area contributed by atoms with E-state index in [9.17, 15) is 0 Å². The van der Waals surface area contributed by atoms with Crippen molar-refractivity contribution in [3.05, 3.63) is 42.2 Å². The van der Waals surface area contributed by atoms with Gasteiger partial charge in [0.25, 0.3) is 0 Å². The highest BCUT2D eigenvalue weighted by Gasteiger charge is 2.14. The van der Waals surface area contributed by atoms with Gasteiger partial charge in [0.1, 0.15) is 6.07 Å². The summed E-state index contributed by atoms with van der Waals surface area (Å²) < 4.78 is 7.09. The van der Waals surface area contributed by atoms with Gasteiger partial charge in [-0.3, -0.25) is 0 Å². The molecular formula is C14H14N4O. The molecule has 2 heterocycles. The van der Waals surface area contributed by atoms with Crippen molar-refractivity contribution in [2.75, 3.05) is 31.2 Å². The first-order valence-corrected chi connectivity index (χ1v) is 6.25. The van der Waals surface area contributed by atoms with Crippen molar-refractivity contribution in [3.63, 3.8) is 0 Å². The first kappa shape index (κ1) is 11.8. The maximum Gasteiger partial charge on any atom is 0.101 e. The third kappa shape index (κ3) is 2.30. The summed E-state index contributed by atoms with van der Waals surface area (Å²) in [6.07, 6.45) is 3.79. The van der Waals surface area contributed by atoms with Crippen molar-refractivity contribution in [3.8, 4) is 11.8 Å². The Kier molecular flexibility index (Phi) is 3.17. The number of hydrogen-bond donors (Lipinski definition) is 0. The second kappa shape index (κ2) is 5.12. The summed E-state index contributed by atoms with van der Waals surface area (Å²) in [4.78, 5) is 2.24. The Morgan fingerprint density at radius 1 is 1.21 bits per heavy atom. The first-order chi connectivity index (χ1) is 9.38. The van der Waals surface area contributed by atoms with Crippen LogP contribution in [0.5, 0.6) is 0 Å². The zero-order valence-electron chi connectivity index (χ0n) is 10.5.